The van der Waals surface area contributed by atoms with Crippen molar-refractivity contribution in [3.05, 3.63) is 0 Å². The van der Waals surface area contributed by atoms with Crippen molar-refractivity contribution in [2.45, 2.75) is 96.0 Å². The number of hydrogen-bond acceptors (Lipinski definition) is 0. The molecule has 2 fully saturated rings. The maximum absolute atomic E-state index is 2.60. The fourth-order valence-electron chi connectivity index (χ4n) is 5.38. The van der Waals surface area contributed by atoms with E-state index in [2.05, 4.69) is 34.6 Å². The normalized spacial score (nSPS) is 42.7. The quantitative estimate of drug-likeness (QED) is 0.529. The Bertz CT molecular complexity index is 273. The van der Waals surface area contributed by atoms with Crippen molar-refractivity contribution >= 4 is 6.71 Å². The van der Waals surface area contributed by atoms with Crippen molar-refractivity contribution in [2.24, 2.45) is 5.92 Å². The molecule has 0 aromatic heterocycles. The Morgan fingerprint density at radius 2 is 1.76 bits per heavy atom. The van der Waals surface area contributed by atoms with Crippen molar-refractivity contribution in [3.8, 4) is 0 Å². The van der Waals surface area contributed by atoms with Crippen molar-refractivity contribution in [1.29, 1.82) is 0 Å². The smallest absolute Gasteiger partial charge is 0.0690 e. The molecule has 0 radical (unpaired) electrons. The first kappa shape index (κ1) is 13.5. The van der Waals surface area contributed by atoms with Crippen molar-refractivity contribution in [1.82, 2.24) is 0 Å². The lowest BCUT2D eigenvalue weighted by Gasteiger charge is -2.22. The zero-order valence-corrected chi connectivity index (χ0v) is 12.7. The Balaban J connectivity index is 2.14. The molecule has 2 aliphatic heterocycles. The highest BCUT2D eigenvalue weighted by atomic mass is 14.6. The van der Waals surface area contributed by atoms with Gasteiger partial charge < -0.3 is 0 Å². The van der Waals surface area contributed by atoms with E-state index >= 15 is 0 Å². The highest BCUT2D eigenvalue weighted by molar-refractivity contribution is 6.80. The van der Waals surface area contributed by atoms with Gasteiger partial charge in [-0.15, -0.1) is 0 Å². The Hall–Kier alpha value is 0.0649. The maximum atomic E-state index is 2.60. The predicted octanol–water partition coefficient (Wildman–Crippen LogP) is 5.81. The van der Waals surface area contributed by atoms with Crippen LogP contribution in [0.15, 0.2) is 0 Å². The molecule has 0 nitrogen and oxygen atoms in total. The molecule has 0 N–H and O–H groups in total. The molecule has 0 spiro atoms. The third-order valence-electron chi connectivity index (χ3n) is 6.10. The van der Waals surface area contributed by atoms with Crippen LogP contribution >= 0.6 is 0 Å². The third kappa shape index (κ3) is 2.19. The van der Waals surface area contributed by atoms with E-state index in [0.717, 1.165) is 18.4 Å². The summed E-state index contributed by atoms with van der Waals surface area (Å²) in [5.74, 6) is 1.82. The van der Waals surface area contributed by atoms with E-state index in [-0.39, 0.29) is 0 Å². The summed E-state index contributed by atoms with van der Waals surface area (Å²) in [5, 5.41) is 1.32. The highest BCUT2D eigenvalue weighted by Crippen LogP contribution is 2.82. The molecular formula is C16H31B. The van der Waals surface area contributed by atoms with Crippen LogP contribution in [0.3, 0.4) is 0 Å². The molecule has 98 valence electrons. The van der Waals surface area contributed by atoms with Crippen LogP contribution in [0, 0.1) is 5.92 Å². The molecule has 0 aliphatic carbocycles. The van der Waals surface area contributed by atoms with Crippen LogP contribution in [0.2, 0.25) is 16.4 Å². The minimum Gasteiger partial charge on any atom is -0.0690 e. The topological polar surface area (TPSA) is 0 Å². The summed E-state index contributed by atoms with van der Waals surface area (Å²) in [7, 11) is 0. The van der Waals surface area contributed by atoms with Crippen LogP contribution in [-0.2, 0) is 0 Å². The van der Waals surface area contributed by atoms with Gasteiger partial charge >= 0.3 is 0 Å². The summed E-state index contributed by atoms with van der Waals surface area (Å²) in [5.41, 5.74) is 0. The first-order valence-corrected chi connectivity index (χ1v) is 7.92. The van der Waals surface area contributed by atoms with E-state index in [9.17, 15) is 0 Å². The summed E-state index contributed by atoms with van der Waals surface area (Å²) in [4.78, 5) is 0. The molecule has 0 amide bonds. The van der Waals surface area contributed by atoms with Crippen LogP contribution in [0.4, 0.5) is 0 Å². The minimum absolute atomic E-state index is 0.651. The van der Waals surface area contributed by atoms with E-state index in [0.29, 0.717) is 10.6 Å². The molecule has 3 atom stereocenters. The van der Waals surface area contributed by atoms with Crippen LogP contribution in [0.5, 0.6) is 0 Å². The zero-order valence-electron chi connectivity index (χ0n) is 12.7. The molecular weight excluding hydrogens is 203 g/mol. The molecule has 2 saturated heterocycles. The van der Waals surface area contributed by atoms with Crippen molar-refractivity contribution in [3.63, 3.8) is 0 Å². The van der Waals surface area contributed by atoms with Crippen molar-refractivity contribution < 1.29 is 0 Å². The van der Waals surface area contributed by atoms with Gasteiger partial charge in [0.25, 0.3) is 0 Å². The second-order valence-corrected chi connectivity index (χ2v) is 7.84. The lowest BCUT2D eigenvalue weighted by Crippen LogP contribution is -2.09. The van der Waals surface area contributed by atoms with E-state index in [1.807, 2.05) is 0 Å². The summed E-state index contributed by atoms with van der Waals surface area (Å²) in [6.45, 7) is 13.5. The molecule has 1 heteroatoms. The van der Waals surface area contributed by atoms with Gasteiger partial charge in [0.05, 0.1) is 0 Å². The molecule has 0 bridgehead atoms. The molecule has 0 aromatic carbocycles. The average Bonchev–Trinajstić information content (AvgIpc) is 2.64. The first-order chi connectivity index (χ1) is 7.92. The second kappa shape index (κ2) is 4.63. The van der Waals surface area contributed by atoms with Gasteiger partial charge in [0.15, 0.2) is 6.71 Å². The van der Waals surface area contributed by atoms with E-state index in [4.69, 9.17) is 0 Å². The molecule has 3 unspecified atom stereocenters. The lowest BCUT2D eigenvalue weighted by atomic mass is 9.47. The maximum Gasteiger partial charge on any atom is 0.154 e. The fourth-order valence-corrected chi connectivity index (χ4v) is 5.38. The molecule has 2 aliphatic rings. The summed E-state index contributed by atoms with van der Waals surface area (Å²) < 4.78 is 0. The molecule has 2 heterocycles. The second-order valence-electron chi connectivity index (χ2n) is 7.84. The Kier molecular flexibility index (Phi) is 3.67. The largest absolute Gasteiger partial charge is 0.154 e. The van der Waals surface area contributed by atoms with Crippen LogP contribution in [0.1, 0.15) is 79.6 Å². The third-order valence-corrected chi connectivity index (χ3v) is 6.10. The Morgan fingerprint density at radius 1 is 1.12 bits per heavy atom. The van der Waals surface area contributed by atoms with Gasteiger partial charge in [0.1, 0.15) is 0 Å². The number of rotatable bonds is 2. The number of hydrogen-bond donors (Lipinski definition) is 0. The summed E-state index contributed by atoms with van der Waals surface area (Å²) >= 11 is 0. The van der Waals surface area contributed by atoms with Crippen LogP contribution < -0.4 is 0 Å². The van der Waals surface area contributed by atoms with Crippen LogP contribution in [-0.4, -0.2) is 6.71 Å². The van der Waals surface area contributed by atoms with E-state index in [1.54, 1.807) is 0 Å². The lowest BCUT2D eigenvalue weighted by molar-refractivity contribution is 0.412. The first-order valence-electron chi connectivity index (χ1n) is 7.92. The molecule has 0 aromatic rings. The summed E-state index contributed by atoms with van der Waals surface area (Å²) in [6, 6.07) is 0. The fraction of sp³-hybridized carbons (Fsp3) is 1.00. The van der Waals surface area contributed by atoms with E-state index < -0.39 is 0 Å². The molecule has 0 saturated carbocycles. The number of fused-ring (bicyclic) bond motifs is 1. The van der Waals surface area contributed by atoms with Gasteiger partial charge in [-0.3, -0.25) is 0 Å². The Morgan fingerprint density at radius 3 is 2.41 bits per heavy atom. The van der Waals surface area contributed by atoms with Crippen molar-refractivity contribution in [2.75, 3.05) is 0 Å². The van der Waals surface area contributed by atoms with E-state index in [1.165, 1.54) is 44.9 Å². The minimum atomic E-state index is 0.651. The SMILES string of the molecule is CC(C)CC1(C)B2C(C)CCCCCCC21C. The monoisotopic (exact) mass is 234 g/mol. The van der Waals surface area contributed by atoms with Crippen LogP contribution in [0.25, 0.3) is 0 Å². The summed E-state index contributed by atoms with van der Waals surface area (Å²) in [6.07, 6.45) is 10.3. The van der Waals surface area contributed by atoms with Gasteiger partial charge in [0, 0.05) is 0 Å². The molecule has 2 rings (SSSR count). The predicted molar refractivity (Wildman–Crippen MR) is 79.1 cm³/mol. The van der Waals surface area contributed by atoms with Gasteiger partial charge in [-0.25, -0.2) is 0 Å². The highest BCUT2D eigenvalue weighted by Gasteiger charge is 2.72. The zero-order chi connectivity index (χ0) is 12.7. The molecule has 17 heavy (non-hydrogen) atoms. The van der Waals surface area contributed by atoms with Gasteiger partial charge in [-0.2, -0.15) is 0 Å². The van der Waals surface area contributed by atoms with Gasteiger partial charge in [-0.05, 0) is 5.92 Å². The van der Waals surface area contributed by atoms with Gasteiger partial charge in [0.2, 0.25) is 0 Å². The average molecular weight is 234 g/mol. The standard InChI is InChI=1S/C16H31B/c1-13(2)12-16(5)15(4)11-9-7-6-8-10-14(3)17(15)16/h13-14H,6-12H2,1-5H3. The van der Waals surface area contributed by atoms with Gasteiger partial charge in [-0.1, -0.05) is 96.0 Å². The Labute approximate surface area is 109 Å².